The van der Waals surface area contributed by atoms with Gasteiger partial charge in [-0.05, 0) is 0 Å². The van der Waals surface area contributed by atoms with Gasteiger partial charge in [0, 0.05) is 6.92 Å². The first-order valence-corrected chi connectivity index (χ1v) is 3.88. The Labute approximate surface area is 77.6 Å². The minimum absolute atomic E-state index is 0.0884. The van der Waals surface area contributed by atoms with E-state index in [1.54, 1.807) is 0 Å². The van der Waals surface area contributed by atoms with Crippen molar-refractivity contribution in [3.05, 3.63) is 16.7 Å². The van der Waals surface area contributed by atoms with Crippen LogP contribution in [0.3, 0.4) is 0 Å². The first-order chi connectivity index (χ1) is 6.59. The van der Waals surface area contributed by atoms with Crippen LogP contribution in [0.2, 0.25) is 0 Å². The molecule has 0 saturated heterocycles. The van der Waals surface area contributed by atoms with Gasteiger partial charge in [-0.2, -0.15) is 0 Å². The standard InChI is InChI=1S/C7H7N5O2/c1-3(13)12-2-9-4-5(12)10-7(8)11-6(4)14/h2H,1H3,(H3,8,10,11,14)/p+1. The summed E-state index contributed by atoms with van der Waals surface area (Å²) in [6.07, 6.45) is 1.28. The van der Waals surface area contributed by atoms with Gasteiger partial charge in [-0.3, -0.25) is 9.59 Å². The second kappa shape index (κ2) is 2.66. The number of aromatic nitrogens is 4. The summed E-state index contributed by atoms with van der Waals surface area (Å²) in [5, 5.41) is 0. The molecule has 0 bridgehead atoms. The Balaban J connectivity index is 2.92. The number of nitrogen functional groups attached to an aromatic ring is 1. The van der Waals surface area contributed by atoms with Crippen LogP contribution in [-0.2, 0) is 0 Å². The average Bonchev–Trinajstić information content (AvgIpc) is 2.47. The van der Waals surface area contributed by atoms with Crippen LogP contribution in [0.25, 0.3) is 11.2 Å². The van der Waals surface area contributed by atoms with E-state index in [1.807, 2.05) is 0 Å². The Bertz CT molecular complexity index is 567. The first kappa shape index (κ1) is 8.42. The lowest BCUT2D eigenvalue weighted by Gasteiger charge is -1.92. The fraction of sp³-hybridized carbons (Fsp3) is 0.143. The van der Waals surface area contributed by atoms with Crippen LogP contribution < -0.4 is 16.3 Å². The number of aromatic amines is 2. The van der Waals surface area contributed by atoms with Gasteiger partial charge >= 0.3 is 11.5 Å². The first-order valence-electron chi connectivity index (χ1n) is 3.88. The molecule has 2 heterocycles. The lowest BCUT2D eigenvalue weighted by molar-refractivity contribution is -0.334. The number of nitrogens with one attached hydrogen (secondary N) is 2. The van der Waals surface area contributed by atoms with Gasteiger partial charge in [-0.25, -0.2) is 19.5 Å². The number of imidazole rings is 1. The van der Waals surface area contributed by atoms with Crippen LogP contribution in [0.5, 0.6) is 0 Å². The molecule has 72 valence electrons. The monoisotopic (exact) mass is 194 g/mol. The molecule has 0 fully saturated rings. The summed E-state index contributed by atoms with van der Waals surface area (Å²) in [6.45, 7) is 1.37. The summed E-state index contributed by atoms with van der Waals surface area (Å²) in [5.74, 6) is -0.153. The fourth-order valence-electron chi connectivity index (χ4n) is 1.21. The van der Waals surface area contributed by atoms with E-state index in [1.165, 1.54) is 17.8 Å². The maximum Gasteiger partial charge on any atom is 0.324 e. The lowest BCUT2D eigenvalue weighted by Crippen LogP contribution is -2.24. The van der Waals surface area contributed by atoms with Crippen molar-refractivity contribution in [1.82, 2.24) is 14.5 Å². The molecular weight excluding hydrogens is 186 g/mol. The van der Waals surface area contributed by atoms with Crippen molar-refractivity contribution in [2.75, 3.05) is 5.73 Å². The molecule has 0 radical (unpaired) electrons. The van der Waals surface area contributed by atoms with E-state index in [-0.39, 0.29) is 17.4 Å². The Morgan fingerprint density at radius 2 is 2.43 bits per heavy atom. The van der Waals surface area contributed by atoms with Crippen LogP contribution in [0, 0.1) is 0 Å². The number of nitrogens with zero attached hydrogens (tertiary/aromatic N) is 2. The molecule has 2 aromatic rings. The van der Waals surface area contributed by atoms with Crippen LogP contribution >= 0.6 is 0 Å². The number of anilines is 1. The molecule has 7 nitrogen and oxygen atoms in total. The highest BCUT2D eigenvalue weighted by atomic mass is 16.2. The maximum absolute atomic E-state index is 11.3. The molecule has 0 amide bonds. The number of hydrogen-bond donors (Lipinski definition) is 2. The third-order valence-electron chi connectivity index (χ3n) is 1.82. The van der Waals surface area contributed by atoms with Crippen molar-refractivity contribution in [1.29, 1.82) is 0 Å². The summed E-state index contributed by atoms with van der Waals surface area (Å²) in [7, 11) is 0. The number of nitrogens with two attached hydrogens (primary N) is 1. The van der Waals surface area contributed by atoms with E-state index in [0.29, 0.717) is 5.65 Å². The molecule has 0 spiro atoms. The quantitative estimate of drug-likeness (QED) is 0.548. The van der Waals surface area contributed by atoms with E-state index >= 15 is 0 Å². The largest absolute Gasteiger partial charge is 0.324 e. The van der Waals surface area contributed by atoms with Crippen LogP contribution in [0.1, 0.15) is 11.7 Å². The zero-order chi connectivity index (χ0) is 10.3. The van der Waals surface area contributed by atoms with Gasteiger partial charge in [0.2, 0.25) is 11.2 Å². The van der Waals surface area contributed by atoms with Crippen molar-refractivity contribution >= 4 is 23.0 Å². The van der Waals surface area contributed by atoms with Gasteiger partial charge in [-0.1, -0.05) is 0 Å². The predicted molar refractivity (Wildman–Crippen MR) is 47.6 cm³/mol. The van der Waals surface area contributed by atoms with E-state index in [0.717, 1.165) is 0 Å². The summed E-state index contributed by atoms with van der Waals surface area (Å²) in [6, 6.07) is 0. The lowest BCUT2D eigenvalue weighted by atomic mass is 10.5. The number of carbonyl (C=O) groups is 1. The van der Waals surface area contributed by atoms with E-state index in [2.05, 4.69) is 15.0 Å². The Morgan fingerprint density at radius 1 is 1.71 bits per heavy atom. The Morgan fingerprint density at radius 3 is 3.07 bits per heavy atom. The minimum atomic E-state index is -0.420. The van der Waals surface area contributed by atoms with Gasteiger partial charge in [0.1, 0.15) is 6.33 Å². The molecule has 14 heavy (non-hydrogen) atoms. The van der Waals surface area contributed by atoms with Crippen molar-refractivity contribution in [3.63, 3.8) is 0 Å². The van der Waals surface area contributed by atoms with Gasteiger partial charge in [0.05, 0.1) is 0 Å². The van der Waals surface area contributed by atoms with Crippen molar-refractivity contribution < 1.29 is 9.78 Å². The maximum atomic E-state index is 11.3. The molecular formula is C7H8N5O2+. The normalized spacial score (nSPS) is 10.6. The van der Waals surface area contributed by atoms with Crippen molar-refractivity contribution in [2.45, 2.75) is 6.92 Å². The molecule has 0 aromatic carbocycles. The Kier molecular flexibility index (Phi) is 1.60. The van der Waals surface area contributed by atoms with Crippen LogP contribution in [0.15, 0.2) is 11.1 Å². The van der Waals surface area contributed by atoms with Gasteiger partial charge in [0.25, 0.3) is 5.91 Å². The SMILES string of the molecule is CC(=O)n1cnc2c(=O)[nH]c(N)[nH+]c21. The smallest absolute Gasteiger partial charge is 0.310 e. The van der Waals surface area contributed by atoms with Gasteiger partial charge in [0.15, 0.2) is 0 Å². The van der Waals surface area contributed by atoms with Crippen molar-refractivity contribution in [3.8, 4) is 0 Å². The average molecular weight is 194 g/mol. The fourth-order valence-corrected chi connectivity index (χ4v) is 1.21. The molecule has 0 aliphatic heterocycles. The number of carbonyl (C=O) groups excluding carboxylic acids is 1. The molecule has 2 aromatic heterocycles. The zero-order valence-corrected chi connectivity index (χ0v) is 7.37. The molecule has 7 heteroatoms. The summed E-state index contributed by atoms with van der Waals surface area (Å²) in [4.78, 5) is 31.2. The molecule has 0 saturated carbocycles. The van der Waals surface area contributed by atoms with E-state index in [9.17, 15) is 9.59 Å². The highest BCUT2D eigenvalue weighted by Crippen LogP contribution is 2.01. The van der Waals surface area contributed by atoms with E-state index in [4.69, 9.17) is 5.73 Å². The van der Waals surface area contributed by atoms with Crippen molar-refractivity contribution in [2.24, 2.45) is 0 Å². The second-order valence-corrected chi connectivity index (χ2v) is 2.82. The highest BCUT2D eigenvalue weighted by Gasteiger charge is 2.15. The highest BCUT2D eigenvalue weighted by molar-refractivity contribution is 5.84. The predicted octanol–water partition coefficient (Wildman–Crippen LogP) is -1.22. The Hall–Kier alpha value is -2.18. The summed E-state index contributed by atoms with van der Waals surface area (Å²) in [5.41, 5.74) is 5.44. The third kappa shape index (κ3) is 1.06. The molecule has 4 N–H and O–H groups in total. The zero-order valence-electron chi connectivity index (χ0n) is 7.37. The van der Waals surface area contributed by atoms with Crippen LogP contribution in [-0.4, -0.2) is 20.4 Å². The minimum Gasteiger partial charge on any atom is -0.310 e. The third-order valence-corrected chi connectivity index (χ3v) is 1.82. The second-order valence-electron chi connectivity index (χ2n) is 2.82. The summed E-state index contributed by atoms with van der Waals surface area (Å²) >= 11 is 0. The number of rotatable bonds is 0. The topological polar surface area (TPSA) is 108 Å². The number of hydrogen-bond acceptors (Lipinski definition) is 4. The number of H-pyrrole nitrogens is 2. The van der Waals surface area contributed by atoms with E-state index < -0.39 is 5.56 Å². The molecule has 0 aliphatic rings. The van der Waals surface area contributed by atoms with Gasteiger partial charge in [-0.15, -0.1) is 0 Å². The molecule has 2 rings (SSSR count). The number of fused-ring (bicyclic) bond motifs is 1. The molecule has 0 unspecified atom stereocenters. The summed E-state index contributed by atoms with van der Waals surface area (Å²) < 4.78 is 1.22. The van der Waals surface area contributed by atoms with Crippen LogP contribution in [0.4, 0.5) is 5.95 Å². The molecule has 0 aliphatic carbocycles. The molecule has 0 atom stereocenters. The van der Waals surface area contributed by atoms with Gasteiger partial charge < -0.3 is 5.73 Å².